The number of aromatic nitrogens is 2. The van der Waals surface area contributed by atoms with Gasteiger partial charge in [-0.05, 0) is 12.2 Å². The number of ketones is 1. The number of thioether (sulfide) groups is 1. The van der Waals surface area contributed by atoms with Crippen LogP contribution >= 0.6 is 11.8 Å². The molecule has 0 unspecified atom stereocenters. The average Bonchev–Trinajstić information content (AvgIpc) is 2.69. The van der Waals surface area contributed by atoms with Crippen LogP contribution < -0.4 is 4.74 Å². The van der Waals surface area contributed by atoms with Crippen molar-refractivity contribution in [2.45, 2.75) is 26.8 Å². The molecule has 0 aliphatic carbocycles. The van der Waals surface area contributed by atoms with E-state index in [4.69, 9.17) is 4.74 Å². The number of carbonyl (C=O) groups is 1. The van der Waals surface area contributed by atoms with Gasteiger partial charge in [-0.25, -0.2) is 0 Å². The highest BCUT2D eigenvalue weighted by Crippen LogP contribution is 2.20. The van der Waals surface area contributed by atoms with Gasteiger partial charge in [0.25, 0.3) is 0 Å². The number of methoxy groups -OCH3 is 1. The predicted octanol–water partition coefficient (Wildman–Crippen LogP) is 2.24. The number of carbonyl (C=O) groups excluding carboxylic acids is 1. The second-order valence-electron chi connectivity index (χ2n) is 3.35. The van der Waals surface area contributed by atoms with E-state index in [-0.39, 0.29) is 5.78 Å². The van der Waals surface area contributed by atoms with E-state index >= 15 is 0 Å². The average molecular weight is 242 g/mol. The first-order chi connectivity index (χ1) is 7.74. The summed E-state index contributed by atoms with van der Waals surface area (Å²) in [5.74, 6) is 2.10. The standard InChI is InChI=1S/C11H18N2O2S/c1-4-6-13-11(9(14)8-16-5-2)10(15-3)7-12-13/h7H,4-6,8H2,1-3H3. The summed E-state index contributed by atoms with van der Waals surface area (Å²) in [6.45, 7) is 4.85. The number of ether oxygens (including phenoxy) is 1. The van der Waals surface area contributed by atoms with E-state index in [1.165, 1.54) is 0 Å². The fourth-order valence-corrected chi connectivity index (χ4v) is 1.97. The van der Waals surface area contributed by atoms with Crippen LogP contribution in [0.5, 0.6) is 5.75 Å². The Morgan fingerprint density at radius 3 is 2.88 bits per heavy atom. The molecule has 0 radical (unpaired) electrons. The van der Waals surface area contributed by atoms with Crippen molar-refractivity contribution < 1.29 is 9.53 Å². The molecule has 0 fully saturated rings. The van der Waals surface area contributed by atoms with Gasteiger partial charge < -0.3 is 4.74 Å². The molecule has 4 nitrogen and oxygen atoms in total. The van der Waals surface area contributed by atoms with E-state index in [1.807, 2.05) is 6.92 Å². The molecule has 0 atom stereocenters. The first kappa shape index (κ1) is 13.1. The zero-order valence-electron chi connectivity index (χ0n) is 10.0. The van der Waals surface area contributed by atoms with Gasteiger partial charge in [0, 0.05) is 6.54 Å². The van der Waals surface area contributed by atoms with Gasteiger partial charge in [0.05, 0.1) is 19.1 Å². The number of rotatable bonds is 7. The minimum Gasteiger partial charge on any atom is -0.493 e. The van der Waals surface area contributed by atoms with Crippen LogP contribution in [0.1, 0.15) is 30.8 Å². The molecular weight excluding hydrogens is 224 g/mol. The molecule has 1 aromatic heterocycles. The number of hydrogen-bond acceptors (Lipinski definition) is 4. The predicted molar refractivity (Wildman–Crippen MR) is 66.4 cm³/mol. The zero-order chi connectivity index (χ0) is 12.0. The summed E-state index contributed by atoms with van der Waals surface area (Å²) in [4.78, 5) is 12.0. The Morgan fingerprint density at radius 1 is 1.56 bits per heavy atom. The third-order valence-corrected chi connectivity index (χ3v) is 3.04. The first-order valence-corrected chi connectivity index (χ1v) is 6.60. The van der Waals surface area contributed by atoms with Crippen LogP contribution in [0.2, 0.25) is 0 Å². The van der Waals surface area contributed by atoms with Gasteiger partial charge in [-0.2, -0.15) is 16.9 Å². The third-order valence-electron chi connectivity index (χ3n) is 2.16. The van der Waals surface area contributed by atoms with Crippen LogP contribution in [0.3, 0.4) is 0 Å². The van der Waals surface area contributed by atoms with Crippen molar-refractivity contribution in [2.75, 3.05) is 18.6 Å². The minimum atomic E-state index is 0.0923. The van der Waals surface area contributed by atoms with E-state index in [0.29, 0.717) is 17.2 Å². The van der Waals surface area contributed by atoms with Crippen molar-refractivity contribution >= 4 is 17.5 Å². The first-order valence-electron chi connectivity index (χ1n) is 5.45. The fraction of sp³-hybridized carbons (Fsp3) is 0.636. The van der Waals surface area contributed by atoms with Gasteiger partial charge in [0.1, 0.15) is 5.69 Å². The monoisotopic (exact) mass is 242 g/mol. The molecule has 1 rings (SSSR count). The van der Waals surface area contributed by atoms with E-state index in [0.717, 1.165) is 18.7 Å². The molecule has 0 spiro atoms. The lowest BCUT2D eigenvalue weighted by atomic mass is 10.3. The quantitative estimate of drug-likeness (QED) is 0.688. The van der Waals surface area contributed by atoms with Crippen LogP contribution in [0.25, 0.3) is 0 Å². The molecule has 0 aromatic carbocycles. The smallest absolute Gasteiger partial charge is 0.194 e. The Morgan fingerprint density at radius 2 is 2.31 bits per heavy atom. The topological polar surface area (TPSA) is 44.1 Å². The molecule has 90 valence electrons. The molecular formula is C11H18N2O2S. The van der Waals surface area contributed by atoms with Crippen molar-refractivity contribution in [3.8, 4) is 5.75 Å². The van der Waals surface area contributed by atoms with Crippen LogP contribution in [-0.4, -0.2) is 34.2 Å². The maximum Gasteiger partial charge on any atom is 0.194 e. The zero-order valence-corrected chi connectivity index (χ0v) is 10.8. The Hall–Kier alpha value is -0.970. The highest BCUT2D eigenvalue weighted by atomic mass is 32.2. The number of nitrogens with zero attached hydrogens (tertiary/aromatic N) is 2. The Bertz CT molecular complexity index is 350. The van der Waals surface area contributed by atoms with Gasteiger partial charge in [0.15, 0.2) is 11.5 Å². The SMILES string of the molecule is CCCn1ncc(OC)c1C(=O)CSCC. The molecule has 0 N–H and O–H groups in total. The molecule has 5 heteroatoms. The molecule has 1 heterocycles. The van der Waals surface area contributed by atoms with Crippen molar-refractivity contribution in [3.05, 3.63) is 11.9 Å². The minimum absolute atomic E-state index is 0.0923. The van der Waals surface area contributed by atoms with E-state index in [9.17, 15) is 4.79 Å². The second-order valence-corrected chi connectivity index (χ2v) is 4.62. The lowest BCUT2D eigenvalue weighted by Crippen LogP contribution is -2.13. The number of aryl methyl sites for hydroxylation is 1. The van der Waals surface area contributed by atoms with Gasteiger partial charge in [-0.15, -0.1) is 0 Å². The van der Waals surface area contributed by atoms with Gasteiger partial charge in [0.2, 0.25) is 0 Å². The molecule has 1 aromatic rings. The molecule has 0 aliphatic heterocycles. The van der Waals surface area contributed by atoms with E-state index in [1.54, 1.807) is 29.8 Å². The molecule has 0 amide bonds. The van der Waals surface area contributed by atoms with Crippen molar-refractivity contribution in [3.63, 3.8) is 0 Å². The summed E-state index contributed by atoms with van der Waals surface area (Å²) in [6.07, 6.45) is 2.56. The van der Waals surface area contributed by atoms with Gasteiger partial charge >= 0.3 is 0 Å². The number of Topliss-reactive ketones (excluding diaryl/α,β-unsaturated/α-hetero) is 1. The summed E-state index contributed by atoms with van der Waals surface area (Å²) in [6, 6.07) is 0. The van der Waals surface area contributed by atoms with Gasteiger partial charge in [-0.3, -0.25) is 9.48 Å². The summed E-state index contributed by atoms with van der Waals surface area (Å²) in [7, 11) is 1.57. The van der Waals surface area contributed by atoms with Crippen LogP contribution in [0.4, 0.5) is 0 Å². The van der Waals surface area contributed by atoms with Crippen LogP contribution in [0, 0.1) is 0 Å². The Balaban J connectivity index is 2.88. The lowest BCUT2D eigenvalue weighted by Gasteiger charge is -2.06. The summed E-state index contributed by atoms with van der Waals surface area (Å²) >= 11 is 1.61. The van der Waals surface area contributed by atoms with Crippen molar-refractivity contribution in [1.29, 1.82) is 0 Å². The third kappa shape index (κ3) is 3.01. The molecule has 16 heavy (non-hydrogen) atoms. The summed E-state index contributed by atoms with van der Waals surface area (Å²) < 4.78 is 6.89. The number of hydrogen-bond donors (Lipinski definition) is 0. The fourth-order valence-electron chi connectivity index (χ4n) is 1.44. The van der Waals surface area contributed by atoms with Crippen LogP contribution in [0.15, 0.2) is 6.20 Å². The molecule has 0 aliphatic rings. The maximum atomic E-state index is 12.0. The van der Waals surface area contributed by atoms with E-state index < -0.39 is 0 Å². The van der Waals surface area contributed by atoms with Crippen LogP contribution in [-0.2, 0) is 6.54 Å². The highest BCUT2D eigenvalue weighted by molar-refractivity contribution is 7.99. The summed E-state index contributed by atoms with van der Waals surface area (Å²) in [5, 5.41) is 4.17. The highest BCUT2D eigenvalue weighted by Gasteiger charge is 2.18. The molecule has 0 bridgehead atoms. The Kier molecular flexibility index (Phi) is 5.38. The Labute approximate surface area is 100 Å². The second kappa shape index (κ2) is 6.58. The van der Waals surface area contributed by atoms with E-state index in [2.05, 4.69) is 12.0 Å². The maximum absolute atomic E-state index is 12.0. The largest absolute Gasteiger partial charge is 0.493 e. The van der Waals surface area contributed by atoms with Crippen molar-refractivity contribution in [1.82, 2.24) is 9.78 Å². The normalized spacial score (nSPS) is 10.4. The lowest BCUT2D eigenvalue weighted by molar-refractivity contribution is 0.100. The summed E-state index contributed by atoms with van der Waals surface area (Å²) in [5.41, 5.74) is 0.602. The molecule has 0 saturated carbocycles. The molecule has 0 saturated heterocycles. The van der Waals surface area contributed by atoms with Crippen molar-refractivity contribution in [2.24, 2.45) is 0 Å². The van der Waals surface area contributed by atoms with Gasteiger partial charge in [-0.1, -0.05) is 13.8 Å².